The molecule has 0 fully saturated rings. The van der Waals surface area contributed by atoms with Crippen molar-refractivity contribution in [3.8, 4) is 0 Å². The van der Waals surface area contributed by atoms with Gasteiger partial charge in [0.05, 0.1) is 11.9 Å². The molecule has 0 radical (unpaired) electrons. The van der Waals surface area contributed by atoms with Crippen molar-refractivity contribution in [1.82, 2.24) is 9.97 Å². The molecule has 2 aromatic carbocycles. The fraction of sp³-hybridized carbons (Fsp3) is 0.0556. The number of aromatic nitrogens is 2. The van der Waals surface area contributed by atoms with Crippen LogP contribution in [0.15, 0.2) is 54.7 Å². The molecule has 0 spiro atoms. The van der Waals surface area contributed by atoms with E-state index in [1.54, 1.807) is 30.3 Å². The van der Waals surface area contributed by atoms with Crippen molar-refractivity contribution in [2.24, 2.45) is 5.73 Å². The van der Waals surface area contributed by atoms with Crippen molar-refractivity contribution >= 4 is 29.1 Å². The van der Waals surface area contributed by atoms with Crippen LogP contribution in [0.2, 0.25) is 5.02 Å². The summed E-state index contributed by atoms with van der Waals surface area (Å²) in [6.07, 6.45) is 1.36. The minimum atomic E-state index is -0.508. The van der Waals surface area contributed by atoms with Crippen LogP contribution >= 0.6 is 11.6 Å². The van der Waals surface area contributed by atoms with Crippen LogP contribution in [-0.2, 0) is 6.42 Å². The van der Waals surface area contributed by atoms with Crippen molar-refractivity contribution < 1.29 is 9.18 Å². The molecule has 0 saturated carbocycles. The Kier molecular flexibility index (Phi) is 4.90. The minimum Gasteiger partial charge on any atom is -0.366 e. The van der Waals surface area contributed by atoms with Crippen molar-refractivity contribution in [2.75, 3.05) is 5.32 Å². The Balaban J connectivity index is 1.81. The zero-order valence-corrected chi connectivity index (χ0v) is 13.8. The van der Waals surface area contributed by atoms with Crippen molar-refractivity contribution in [3.63, 3.8) is 0 Å². The maximum atomic E-state index is 14.0. The van der Waals surface area contributed by atoms with Crippen molar-refractivity contribution in [3.05, 3.63) is 82.4 Å². The molecule has 1 heterocycles. The van der Waals surface area contributed by atoms with E-state index in [1.165, 1.54) is 0 Å². The number of carbonyl (C=O) groups is 1. The van der Waals surface area contributed by atoms with Gasteiger partial charge in [-0.3, -0.25) is 4.79 Å². The molecule has 7 heteroatoms. The van der Waals surface area contributed by atoms with Crippen LogP contribution in [0.5, 0.6) is 0 Å². The number of nitrogens with two attached hydrogens (primary N) is 1. The number of halogens is 2. The van der Waals surface area contributed by atoms with Gasteiger partial charge in [0.1, 0.15) is 0 Å². The fourth-order valence-electron chi connectivity index (χ4n) is 2.26. The van der Waals surface area contributed by atoms with Crippen LogP contribution in [0.25, 0.3) is 0 Å². The Morgan fingerprint density at radius 3 is 2.56 bits per heavy atom. The summed E-state index contributed by atoms with van der Waals surface area (Å²) in [5, 5.41) is 3.52. The first-order chi connectivity index (χ1) is 12.0. The summed E-state index contributed by atoms with van der Waals surface area (Å²) in [4.78, 5) is 19.2. The largest absolute Gasteiger partial charge is 0.366 e. The van der Waals surface area contributed by atoms with E-state index in [4.69, 9.17) is 17.3 Å². The first kappa shape index (κ1) is 16.9. The van der Waals surface area contributed by atoms with E-state index >= 15 is 0 Å². The first-order valence-corrected chi connectivity index (χ1v) is 7.82. The molecule has 0 aliphatic rings. The normalized spacial score (nSPS) is 10.5. The zero-order valence-electron chi connectivity index (χ0n) is 13.0. The molecule has 5 nitrogen and oxygen atoms in total. The Bertz CT molecular complexity index is 915. The van der Waals surface area contributed by atoms with Crippen molar-refractivity contribution in [1.29, 1.82) is 0 Å². The molecule has 0 aliphatic carbocycles. The molecule has 3 aromatic rings. The van der Waals surface area contributed by atoms with Crippen LogP contribution in [0.3, 0.4) is 0 Å². The van der Waals surface area contributed by atoms with Crippen molar-refractivity contribution in [2.45, 2.75) is 6.42 Å². The smallest absolute Gasteiger partial charge is 0.248 e. The maximum Gasteiger partial charge on any atom is 0.248 e. The average Bonchev–Trinajstić information content (AvgIpc) is 2.60. The Labute approximate surface area is 148 Å². The number of carbonyl (C=O) groups excluding carboxylic acids is 1. The van der Waals surface area contributed by atoms with Gasteiger partial charge >= 0.3 is 0 Å². The molecule has 0 saturated heterocycles. The van der Waals surface area contributed by atoms with Crippen LogP contribution in [0.4, 0.5) is 16.0 Å². The molecule has 0 unspecified atom stereocenters. The van der Waals surface area contributed by atoms with Gasteiger partial charge in [0, 0.05) is 22.7 Å². The van der Waals surface area contributed by atoms with Gasteiger partial charge in [-0.2, -0.15) is 0 Å². The molecule has 0 aliphatic heterocycles. The Morgan fingerprint density at radius 1 is 1.16 bits per heavy atom. The second-order valence-electron chi connectivity index (χ2n) is 5.32. The van der Waals surface area contributed by atoms with E-state index in [-0.39, 0.29) is 18.1 Å². The number of rotatable bonds is 5. The monoisotopic (exact) mass is 356 g/mol. The lowest BCUT2D eigenvalue weighted by Crippen LogP contribution is -2.10. The van der Waals surface area contributed by atoms with Gasteiger partial charge in [0.2, 0.25) is 11.9 Å². The van der Waals surface area contributed by atoms with Gasteiger partial charge in [0.25, 0.3) is 0 Å². The average molecular weight is 357 g/mol. The molecule has 0 atom stereocenters. The standard InChI is InChI=1S/C18H14ClFN4O/c19-14-4-2-1-3-12(14)9-16-15(20)10-22-18(24-16)23-13-7-5-11(6-8-13)17(21)25/h1-8,10H,9H2,(H2,21,25)(H,22,23,24). The maximum absolute atomic E-state index is 14.0. The summed E-state index contributed by atoms with van der Waals surface area (Å²) >= 11 is 6.12. The number of amides is 1. The SMILES string of the molecule is NC(=O)c1ccc(Nc2ncc(F)c(Cc3ccccc3Cl)n2)cc1. The summed E-state index contributed by atoms with van der Waals surface area (Å²) in [5.41, 5.74) is 7.26. The molecule has 3 N–H and O–H groups in total. The Morgan fingerprint density at radius 2 is 1.88 bits per heavy atom. The van der Waals surface area contributed by atoms with E-state index in [2.05, 4.69) is 15.3 Å². The van der Waals surface area contributed by atoms with Gasteiger partial charge in [-0.1, -0.05) is 29.8 Å². The van der Waals surface area contributed by atoms with E-state index < -0.39 is 11.7 Å². The Hall–Kier alpha value is -2.99. The number of hydrogen-bond donors (Lipinski definition) is 2. The highest BCUT2D eigenvalue weighted by Crippen LogP contribution is 2.21. The summed E-state index contributed by atoms with van der Waals surface area (Å²) in [7, 11) is 0. The fourth-order valence-corrected chi connectivity index (χ4v) is 2.46. The van der Waals surface area contributed by atoms with Crippen LogP contribution in [0, 0.1) is 5.82 Å². The van der Waals surface area contributed by atoms with Gasteiger partial charge in [-0.25, -0.2) is 14.4 Å². The summed E-state index contributed by atoms with van der Waals surface area (Å²) in [5.74, 6) is -0.767. The van der Waals surface area contributed by atoms with Crippen LogP contribution in [-0.4, -0.2) is 15.9 Å². The second-order valence-corrected chi connectivity index (χ2v) is 5.73. The molecule has 126 valence electrons. The first-order valence-electron chi connectivity index (χ1n) is 7.44. The highest BCUT2D eigenvalue weighted by atomic mass is 35.5. The number of benzene rings is 2. The molecule has 25 heavy (non-hydrogen) atoms. The van der Waals surface area contributed by atoms with E-state index in [0.717, 1.165) is 11.8 Å². The van der Waals surface area contributed by atoms with Gasteiger partial charge in [-0.05, 0) is 35.9 Å². The summed E-state index contributed by atoms with van der Waals surface area (Å²) in [6, 6.07) is 13.7. The molecule has 1 amide bonds. The number of hydrogen-bond acceptors (Lipinski definition) is 4. The van der Waals surface area contributed by atoms with E-state index in [1.807, 2.05) is 18.2 Å². The summed E-state index contributed by atoms with van der Waals surface area (Å²) in [6.45, 7) is 0. The second kappa shape index (κ2) is 7.27. The lowest BCUT2D eigenvalue weighted by molar-refractivity contribution is 0.100. The van der Waals surface area contributed by atoms with Crippen LogP contribution < -0.4 is 11.1 Å². The molecular formula is C18H14ClFN4O. The summed E-state index contributed by atoms with van der Waals surface area (Å²) < 4.78 is 14.0. The molecule has 3 rings (SSSR count). The molecular weight excluding hydrogens is 343 g/mol. The number of anilines is 2. The third-order valence-corrected chi connectivity index (χ3v) is 3.93. The highest BCUT2D eigenvalue weighted by Gasteiger charge is 2.10. The van der Waals surface area contributed by atoms with Gasteiger partial charge < -0.3 is 11.1 Å². The lowest BCUT2D eigenvalue weighted by Gasteiger charge is -2.09. The van der Waals surface area contributed by atoms with Crippen LogP contribution in [0.1, 0.15) is 21.6 Å². The highest BCUT2D eigenvalue weighted by molar-refractivity contribution is 6.31. The minimum absolute atomic E-state index is 0.236. The van der Waals surface area contributed by atoms with E-state index in [0.29, 0.717) is 16.3 Å². The predicted molar refractivity (Wildman–Crippen MR) is 94.5 cm³/mol. The number of nitrogens with one attached hydrogen (secondary N) is 1. The predicted octanol–water partition coefficient (Wildman–Crippen LogP) is 3.70. The molecule has 0 bridgehead atoms. The number of primary amides is 1. The molecule has 1 aromatic heterocycles. The third kappa shape index (κ3) is 4.10. The van der Waals surface area contributed by atoms with E-state index in [9.17, 15) is 9.18 Å². The lowest BCUT2D eigenvalue weighted by atomic mass is 10.1. The quantitative estimate of drug-likeness (QED) is 0.730. The van der Waals surface area contributed by atoms with Gasteiger partial charge in [-0.15, -0.1) is 0 Å². The number of nitrogens with zero attached hydrogens (tertiary/aromatic N) is 2. The van der Waals surface area contributed by atoms with Gasteiger partial charge in [0.15, 0.2) is 5.82 Å². The zero-order chi connectivity index (χ0) is 17.8. The topological polar surface area (TPSA) is 80.9 Å². The third-order valence-electron chi connectivity index (χ3n) is 3.56.